The number of amides is 7. The molecule has 0 aliphatic rings. The van der Waals surface area contributed by atoms with E-state index >= 15 is 0 Å². The molecule has 24 nitrogen and oxygen atoms in total. The highest BCUT2D eigenvalue weighted by Gasteiger charge is 2.35. The van der Waals surface area contributed by atoms with E-state index in [0.717, 1.165) is 0 Å². The monoisotopic (exact) mass is 863 g/mol. The maximum Gasteiger partial charge on any atom is 0.328 e. The molecule has 0 saturated heterocycles. The topological polar surface area (TPSA) is 382 Å². The van der Waals surface area contributed by atoms with Crippen LogP contribution in [0.1, 0.15) is 92.9 Å². The molecule has 13 N–H and O–H groups in total. The van der Waals surface area contributed by atoms with Gasteiger partial charge in [-0.25, -0.2) is 4.79 Å². The summed E-state index contributed by atoms with van der Waals surface area (Å²) >= 11 is 0. The number of hydrogen-bond acceptors (Lipinski definition) is 14. The molecule has 0 saturated carbocycles. The van der Waals surface area contributed by atoms with Crippen molar-refractivity contribution in [1.29, 1.82) is 0 Å². The third-order valence-electron chi connectivity index (χ3n) is 8.09. The zero-order valence-electron chi connectivity index (χ0n) is 35.5. The fraction of sp³-hybridized carbons (Fsp3) is 0.694. The van der Waals surface area contributed by atoms with Crippen LogP contribution in [0.25, 0.3) is 0 Å². The van der Waals surface area contributed by atoms with Crippen LogP contribution in [-0.2, 0) is 52.7 Å². The Morgan fingerprint density at radius 3 is 1.18 bits per heavy atom. The van der Waals surface area contributed by atoms with Crippen molar-refractivity contribution in [3.8, 4) is 0 Å². The second-order valence-electron chi connectivity index (χ2n) is 12.1. The minimum atomic E-state index is -1.77. The number of carbonyl (C=O) groups excluding carboxylic acids is 7. The first-order valence-electron chi connectivity index (χ1n) is 19.5. The Kier molecular flexibility index (Phi) is 32.3. The molecule has 3 unspecified atom stereocenters. The highest BCUT2D eigenvalue weighted by Crippen LogP contribution is 2.07. The third kappa shape index (κ3) is 23.0. The Hall–Kier alpha value is -5.75. The molecule has 0 aliphatic heterocycles. The number of imide groups is 1. The molecule has 6 atom stereocenters. The van der Waals surface area contributed by atoms with E-state index in [1.165, 1.54) is 27.9 Å². The van der Waals surface area contributed by atoms with Gasteiger partial charge in [0.15, 0.2) is 0 Å². The van der Waals surface area contributed by atoms with Gasteiger partial charge in [-0.2, -0.15) is 0 Å². The van der Waals surface area contributed by atoms with E-state index < -0.39 is 147 Å². The molecule has 0 aromatic rings. The first-order valence-corrected chi connectivity index (χ1v) is 19.5. The van der Waals surface area contributed by atoms with Crippen LogP contribution in [0.3, 0.4) is 0 Å². The average Bonchev–Trinajstić information content (AvgIpc) is 3.21. The van der Waals surface area contributed by atoms with Gasteiger partial charge in [-0.3, -0.25) is 52.8 Å². The molecule has 0 aliphatic carbocycles. The first-order chi connectivity index (χ1) is 28.3. The Morgan fingerprint density at radius 1 is 0.500 bits per heavy atom. The molecule has 7 amide bonds. The molecule has 0 aromatic heterocycles. The highest BCUT2D eigenvalue weighted by atomic mass is 16.4. The summed E-state index contributed by atoms with van der Waals surface area (Å²) in [4.78, 5) is 137. The van der Waals surface area contributed by atoms with Gasteiger partial charge in [-0.05, 0) is 33.4 Å². The Bertz CT molecular complexity index is 1430. The molecule has 0 rings (SSSR count). The minimum absolute atomic E-state index is 0.166. The summed E-state index contributed by atoms with van der Waals surface area (Å²) in [7, 11) is 2.66. The molecular formula is C36H65N9O15. The standard InChI is InChI=1S/C32H53N9O15.2C2H6/c1-5-22(42)41(23(43)6-2)21(13-33)31(54)37-14-19(39-28(51)16(34-3)7-10-24(44)45)30(53)38-18(9-12-26(48)49)27(50)36-15-20(32(55)56)40-29(52)17(35-4)8-11-25(46)47;2*1-2/h16-21,34-35H,5-15,33H2,1-4H3,(H,36,50)(H,37,54)(H,38,53)(H,39,51)(H,40,52)(H,44,45)(H,46,47)(H,48,49)(H,55,56);2*1-2H3/t16-,17-,18?,19?,20?,21-;;/m0../s1. The second-order valence-corrected chi connectivity index (χ2v) is 12.1. The van der Waals surface area contributed by atoms with Gasteiger partial charge in [0.05, 0.1) is 12.1 Å². The van der Waals surface area contributed by atoms with Crippen molar-refractivity contribution >= 4 is 65.2 Å². The van der Waals surface area contributed by atoms with Gasteiger partial charge in [0.2, 0.25) is 41.4 Å². The van der Waals surface area contributed by atoms with Crippen molar-refractivity contribution in [3.63, 3.8) is 0 Å². The fourth-order valence-electron chi connectivity index (χ4n) is 4.92. The zero-order valence-corrected chi connectivity index (χ0v) is 35.5. The number of nitrogens with one attached hydrogen (secondary N) is 7. The summed E-state index contributed by atoms with van der Waals surface area (Å²) in [6, 6.07) is -9.10. The zero-order chi connectivity index (χ0) is 47.1. The molecule has 0 heterocycles. The second kappa shape index (κ2) is 33.1. The molecule has 0 spiro atoms. The van der Waals surface area contributed by atoms with Crippen molar-refractivity contribution in [2.75, 3.05) is 33.7 Å². The van der Waals surface area contributed by atoms with Crippen molar-refractivity contribution in [2.24, 2.45) is 5.73 Å². The number of carboxylic acids is 4. The summed E-state index contributed by atoms with van der Waals surface area (Å²) in [5.41, 5.74) is 5.73. The summed E-state index contributed by atoms with van der Waals surface area (Å²) in [6.07, 6.45) is -2.97. The lowest BCUT2D eigenvalue weighted by atomic mass is 10.1. The molecule has 0 bridgehead atoms. The minimum Gasteiger partial charge on any atom is -0.481 e. The number of nitrogens with zero attached hydrogens (tertiary/aromatic N) is 1. The van der Waals surface area contributed by atoms with Gasteiger partial charge in [0.1, 0.15) is 24.2 Å². The fourth-order valence-corrected chi connectivity index (χ4v) is 4.92. The number of hydrogen-bond donors (Lipinski definition) is 12. The summed E-state index contributed by atoms with van der Waals surface area (Å²) in [5, 5.41) is 53.2. The summed E-state index contributed by atoms with van der Waals surface area (Å²) in [6.45, 7) is 8.81. The van der Waals surface area contributed by atoms with E-state index in [2.05, 4.69) is 37.2 Å². The van der Waals surface area contributed by atoms with Crippen molar-refractivity contribution in [3.05, 3.63) is 0 Å². The normalized spacial score (nSPS) is 13.2. The van der Waals surface area contributed by atoms with Gasteiger partial charge in [-0.1, -0.05) is 41.5 Å². The van der Waals surface area contributed by atoms with Gasteiger partial charge >= 0.3 is 23.9 Å². The molecular weight excluding hydrogens is 798 g/mol. The Balaban J connectivity index is -0.00000786. The summed E-state index contributed by atoms with van der Waals surface area (Å²) < 4.78 is 0. The lowest BCUT2D eigenvalue weighted by Gasteiger charge is -2.29. The van der Waals surface area contributed by atoms with Crippen LogP contribution in [0, 0.1) is 0 Å². The van der Waals surface area contributed by atoms with E-state index in [9.17, 15) is 63.0 Å². The van der Waals surface area contributed by atoms with Crippen LogP contribution >= 0.6 is 0 Å². The number of aliphatic carboxylic acids is 4. The van der Waals surface area contributed by atoms with E-state index in [1.807, 2.05) is 27.7 Å². The molecule has 60 heavy (non-hydrogen) atoms. The van der Waals surface area contributed by atoms with E-state index in [-0.39, 0.29) is 25.7 Å². The predicted molar refractivity (Wildman–Crippen MR) is 214 cm³/mol. The largest absolute Gasteiger partial charge is 0.481 e. The maximum atomic E-state index is 13.7. The molecule has 344 valence electrons. The van der Waals surface area contributed by atoms with Crippen LogP contribution in [-0.4, -0.2) is 161 Å². The van der Waals surface area contributed by atoms with Crippen LogP contribution in [0.4, 0.5) is 0 Å². The van der Waals surface area contributed by atoms with Crippen molar-refractivity contribution in [1.82, 2.24) is 42.1 Å². The first kappa shape index (κ1) is 58.6. The molecule has 24 heteroatoms. The quantitative estimate of drug-likeness (QED) is 0.0375. The van der Waals surface area contributed by atoms with Gasteiger partial charge in [0, 0.05) is 51.7 Å². The smallest absolute Gasteiger partial charge is 0.328 e. The third-order valence-corrected chi connectivity index (χ3v) is 8.09. The number of carbonyl (C=O) groups is 11. The molecule has 0 fully saturated rings. The van der Waals surface area contributed by atoms with E-state index in [4.69, 9.17) is 15.9 Å². The SMILES string of the molecule is CC.CC.CCC(=O)N(C(=O)CC)[C@@H](CN)C(=O)NCC(NC(=O)[C@H](CCC(=O)O)NC)C(=O)NC(CCC(=O)O)C(=O)NCC(NC(=O)[C@H](CCC(=O)O)NC)C(=O)O. The van der Waals surface area contributed by atoms with Crippen molar-refractivity contribution < 1.29 is 73.2 Å². The van der Waals surface area contributed by atoms with Crippen molar-refractivity contribution in [2.45, 2.75) is 129 Å². The van der Waals surface area contributed by atoms with E-state index in [0.29, 0.717) is 4.90 Å². The molecule has 0 aromatic carbocycles. The van der Waals surface area contributed by atoms with Gasteiger partial charge in [0.25, 0.3) is 0 Å². The Labute approximate surface area is 348 Å². The summed E-state index contributed by atoms with van der Waals surface area (Å²) in [5.74, 6) is -12.1. The van der Waals surface area contributed by atoms with E-state index in [1.54, 1.807) is 0 Å². The highest BCUT2D eigenvalue weighted by molar-refractivity contribution is 6.01. The van der Waals surface area contributed by atoms with Crippen LogP contribution in [0.2, 0.25) is 0 Å². The number of nitrogens with two attached hydrogens (primary N) is 1. The van der Waals surface area contributed by atoms with Gasteiger partial charge < -0.3 is 63.4 Å². The number of rotatable bonds is 28. The number of likely N-dealkylation sites (N-methyl/N-ethyl adjacent to an activating group) is 2. The van der Waals surface area contributed by atoms with Gasteiger partial charge in [-0.15, -0.1) is 0 Å². The van der Waals surface area contributed by atoms with Crippen LogP contribution < -0.4 is 43.0 Å². The van der Waals surface area contributed by atoms with Crippen LogP contribution in [0.5, 0.6) is 0 Å². The lowest BCUT2D eigenvalue weighted by Crippen LogP contribution is -2.61. The number of carboxylic acid groups (broad SMARTS) is 4. The lowest BCUT2D eigenvalue weighted by molar-refractivity contribution is -0.151. The average molecular weight is 864 g/mol. The van der Waals surface area contributed by atoms with Crippen LogP contribution in [0.15, 0.2) is 0 Å². The molecule has 0 radical (unpaired) electrons. The Morgan fingerprint density at radius 2 is 0.833 bits per heavy atom. The predicted octanol–water partition coefficient (Wildman–Crippen LogP) is -2.92. The maximum absolute atomic E-state index is 13.7.